The molecule has 1 aromatic rings. The lowest BCUT2D eigenvalue weighted by Crippen LogP contribution is -2.51. The van der Waals surface area contributed by atoms with E-state index in [-0.39, 0.29) is 24.7 Å². The van der Waals surface area contributed by atoms with E-state index in [2.05, 4.69) is 0 Å². The van der Waals surface area contributed by atoms with Crippen molar-refractivity contribution in [2.75, 3.05) is 19.8 Å². The van der Waals surface area contributed by atoms with Crippen molar-refractivity contribution in [3.05, 3.63) is 21.9 Å². The van der Waals surface area contributed by atoms with Crippen molar-refractivity contribution in [2.24, 2.45) is 0 Å². The molecular weight excluding hydrogens is 238 g/mol. The van der Waals surface area contributed by atoms with Gasteiger partial charge in [0.2, 0.25) is 0 Å². The first-order valence-electron chi connectivity index (χ1n) is 5.71. The summed E-state index contributed by atoms with van der Waals surface area (Å²) >= 11 is 1.51. The van der Waals surface area contributed by atoms with Gasteiger partial charge >= 0.3 is 0 Å². The number of amides is 1. The van der Waals surface area contributed by atoms with Gasteiger partial charge in [0.1, 0.15) is 0 Å². The topological polar surface area (TPSA) is 49.8 Å². The quantitative estimate of drug-likeness (QED) is 0.866. The maximum absolute atomic E-state index is 12.3. The summed E-state index contributed by atoms with van der Waals surface area (Å²) in [5, 5.41) is 9.09. The Hall–Kier alpha value is -0.910. The zero-order valence-electron chi connectivity index (χ0n) is 10.0. The van der Waals surface area contributed by atoms with Crippen LogP contribution in [0, 0.1) is 6.92 Å². The van der Waals surface area contributed by atoms with E-state index in [0.717, 1.165) is 9.75 Å². The fraction of sp³-hybridized carbons (Fsp3) is 0.583. The maximum atomic E-state index is 12.3. The molecule has 4 nitrogen and oxygen atoms in total. The number of thiophene rings is 1. The van der Waals surface area contributed by atoms with E-state index in [1.54, 1.807) is 4.90 Å². The molecule has 2 atom stereocenters. The highest BCUT2D eigenvalue weighted by atomic mass is 32.1. The van der Waals surface area contributed by atoms with Crippen LogP contribution in [0.25, 0.3) is 0 Å². The third-order valence-electron chi connectivity index (χ3n) is 2.92. The van der Waals surface area contributed by atoms with Crippen LogP contribution in [0.15, 0.2) is 12.1 Å². The van der Waals surface area contributed by atoms with Gasteiger partial charge in [0, 0.05) is 11.4 Å². The van der Waals surface area contributed by atoms with Crippen LogP contribution in [0.1, 0.15) is 21.5 Å². The van der Waals surface area contributed by atoms with Crippen LogP contribution < -0.4 is 0 Å². The molecule has 2 rings (SSSR count). The Morgan fingerprint density at radius 2 is 2.41 bits per heavy atom. The van der Waals surface area contributed by atoms with E-state index in [4.69, 9.17) is 9.84 Å². The minimum absolute atomic E-state index is 0.0392. The Labute approximate surface area is 105 Å². The van der Waals surface area contributed by atoms with E-state index < -0.39 is 0 Å². The van der Waals surface area contributed by atoms with Gasteiger partial charge < -0.3 is 14.7 Å². The van der Waals surface area contributed by atoms with Crippen LogP contribution in [0.4, 0.5) is 0 Å². The Morgan fingerprint density at radius 3 is 3.00 bits per heavy atom. The van der Waals surface area contributed by atoms with Crippen LogP contribution in [-0.2, 0) is 4.74 Å². The molecule has 2 heterocycles. The number of aryl methyl sites for hydroxylation is 1. The summed E-state index contributed by atoms with van der Waals surface area (Å²) in [6, 6.07) is 3.87. The molecule has 94 valence electrons. The largest absolute Gasteiger partial charge is 0.394 e. The summed E-state index contributed by atoms with van der Waals surface area (Å²) in [6.07, 6.45) is -0.254. The SMILES string of the molecule is Cc1ccc(C(=O)N2CC(CO)OCC2C)s1. The Kier molecular flexibility index (Phi) is 3.81. The third kappa shape index (κ3) is 2.68. The average Bonchev–Trinajstić information content (AvgIpc) is 2.76. The fourth-order valence-corrected chi connectivity index (χ4v) is 2.73. The molecule has 1 amide bonds. The molecule has 1 N–H and O–H groups in total. The molecule has 1 fully saturated rings. The second-order valence-electron chi connectivity index (χ2n) is 4.35. The number of aliphatic hydroxyl groups is 1. The number of aliphatic hydroxyl groups excluding tert-OH is 1. The zero-order valence-corrected chi connectivity index (χ0v) is 10.9. The molecule has 17 heavy (non-hydrogen) atoms. The molecule has 0 saturated carbocycles. The first kappa shape index (κ1) is 12.5. The van der Waals surface area contributed by atoms with Crippen molar-refractivity contribution in [2.45, 2.75) is 26.0 Å². The fourth-order valence-electron chi connectivity index (χ4n) is 1.90. The molecule has 0 aliphatic carbocycles. The smallest absolute Gasteiger partial charge is 0.264 e. The summed E-state index contributed by atoms with van der Waals surface area (Å²) in [5.74, 6) is 0.0392. The molecule has 1 aliphatic rings. The monoisotopic (exact) mass is 255 g/mol. The van der Waals surface area contributed by atoms with Gasteiger partial charge in [-0.2, -0.15) is 0 Å². The van der Waals surface area contributed by atoms with Crippen LogP contribution in [0.3, 0.4) is 0 Å². The van der Waals surface area contributed by atoms with Crippen LogP contribution in [0.2, 0.25) is 0 Å². The number of morpholine rings is 1. The van der Waals surface area contributed by atoms with Crippen molar-refractivity contribution in [3.63, 3.8) is 0 Å². The lowest BCUT2D eigenvalue weighted by atomic mass is 10.2. The second-order valence-corrected chi connectivity index (χ2v) is 5.64. The summed E-state index contributed by atoms with van der Waals surface area (Å²) in [7, 11) is 0. The van der Waals surface area contributed by atoms with Gasteiger partial charge in [0.15, 0.2) is 0 Å². The summed E-state index contributed by atoms with van der Waals surface area (Å²) in [4.78, 5) is 16.0. The number of rotatable bonds is 2. The number of carbonyl (C=O) groups excluding carboxylic acids is 1. The Morgan fingerprint density at radius 1 is 1.65 bits per heavy atom. The molecule has 5 heteroatoms. The van der Waals surface area contributed by atoms with Crippen LogP contribution in [0.5, 0.6) is 0 Å². The Balaban J connectivity index is 2.12. The Bertz CT molecular complexity index is 404. The van der Waals surface area contributed by atoms with Crippen LogP contribution in [-0.4, -0.2) is 47.8 Å². The lowest BCUT2D eigenvalue weighted by molar-refractivity contribution is -0.0666. The number of hydrogen-bond acceptors (Lipinski definition) is 4. The minimum Gasteiger partial charge on any atom is -0.394 e. The molecule has 0 spiro atoms. The standard InChI is InChI=1S/C12H17NO3S/c1-8-7-16-10(6-14)5-13(8)12(15)11-4-3-9(2)17-11/h3-4,8,10,14H,5-7H2,1-2H3. The lowest BCUT2D eigenvalue weighted by Gasteiger charge is -2.37. The van der Waals surface area contributed by atoms with E-state index in [0.29, 0.717) is 13.2 Å². The number of carbonyl (C=O) groups is 1. The highest BCUT2D eigenvalue weighted by Gasteiger charge is 2.30. The van der Waals surface area contributed by atoms with Crippen molar-refractivity contribution in [1.29, 1.82) is 0 Å². The molecule has 1 aromatic heterocycles. The van der Waals surface area contributed by atoms with E-state index in [9.17, 15) is 4.79 Å². The summed E-state index contributed by atoms with van der Waals surface area (Å²) in [5.41, 5.74) is 0. The van der Waals surface area contributed by atoms with Crippen molar-refractivity contribution in [3.8, 4) is 0 Å². The predicted octanol–water partition coefficient (Wildman–Crippen LogP) is 1.28. The minimum atomic E-state index is -0.254. The molecule has 0 aromatic carbocycles. The van der Waals surface area contributed by atoms with E-state index >= 15 is 0 Å². The van der Waals surface area contributed by atoms with Crippen molar-refractivity contribution >= 4 is 17.2 Å². The van der Waals surface area contributed by atoms with Gasteiger partial charge in [0.25, 0.3) is 5.91 Å². The predicted molar refractivity (Wildman–Crippen MR) is 66.4 cm³/mol. The molecule has 1 aliphatic heterocycles. The van der Waals surface area contributed by atoms with Gasteiger partial charge in [-0.05, 0) is 26.0 Å². The molecule has 0 bridgehead atoms. The van der Waals surface area contributed by atoms with E-state index in [1.807, 2.05) is 26.0 Å². The molecule has 1 saturated heterocycles. The van der Waals surface area contributed by atoms with Gasteiger partial charge in [-0.1, -0.05) is 0 Å². The van der Waals surface area contributed by atoms with Crippen molar-refractivity contribution < 1.29 is 14.6 Å². The summed E-state index contributed by atoms with van der Waals surface area (Å²) in [6.45, 7) is 4.86. The zero-order chi connectivity index (χ0) is 12.4. The number of hydrogen-bond donors (Lipinski definition) is 1. The highest BCUT2D eigenvalue weighted by molar-refractivity contribution is 7.13. The normalized spacial score (nSPS) is 25.0. The van der Waals surface area contributed by atoms with Gasteiger partial charge in [0.05, 0.1) is 30.2 Å². The highest BCUT2D eigenvalue weighted by Crippen LogP contribution is 2.21. The first-order valence-corrected chi connectivity index (χ1v) is 6.53. The van der Waals surface area contributed by atoms with Crippen LogP contribution >= 0.6 is 11.3 Å². The summed E-state index contributed by atoms with van der Waals surface area (Å²) < 4.78 is 5.42. The maximum Gasteiger partial charge on any atom is 0.264 e. The van der Waals surface area contributed by atoms with E-state index in [1.165, 1.54) is 11.3 Å². The first-order chi connectivity index (χ1) is 8.11. The van der Waals surface area contributed by atoms with Gasteiger partial charge in [-0.3, -0.25) is 4.79 Å². The molecular formula is C12H17NO3S. The second kappa shape index (κ2) is 5.16. The molecule has 0 radical (unpaired) electrons. The van der Waals surface area contributed by atoms with Crippen molar-refractivity contribution in [1.82, 2.24) is 4.90 Å². The molecule has 2 unspecified atom stereocenters. The number of ether oxygens (including phenoxy) is 1. The number of nitrogens with zero attached hydrogens (tertiary/aromatic N) is 1. The third-order valence-corrected chi connectivity index (χ3v) is 3.91. The average molecular weight is 255 g/mol. The van der Waals surface area contributed by atoms with Gasteiger partial charge in [-0.15, -0.1) is 11.3 Å². The van der Waals surface area contributed by atoms with Gasteiger partial charge in [-0.25, -0.2) is 0 Å².